The average molecular weight is 331 g/mol. The lowest BCUT2D eigenvalue weighted by Crippen LogP contribution is -2.40. The van der Waals surface area contributed by atoms with E-state index in [1.165, 1.54) is 5.56 Å². The molecule has 23 heavy (non-hydrogen) atoms. The lowest BCUT2D eigenvalue weighted by Gasteiger charge is -2.25. The molecule has 0 aliphatic heterocycles. The molecule has 1 heterocycles. The largest absolute Gasteiger partial charge is 0.480 e. The normalized spacial score (nSPS) is 15.6. The fourth-order valence-corrected chi connectivity index (χ4v) is 3.24. The van der Waals surface area contributed by atoms with E-state index in [1.807, 2.05) is 22.4 Å². The standard InChI is InChI=1S/C17H21N3O2S/c1-11-3-5-13(6-4-11)18-17-19-14(10-23-17)9-20(15-7-8-15)12(2)16(21)22/h3-6,10,12,15H,7-9H2,1-2H3,(H,18,19)(H,21,22). The summed E-state index contributed by atoms with van der Waals surface area (Å²) in [6.07, 6.45) is 2.16. The zero-order valence-corrected chi connectivity index (χ0v) is 14.1. The zero-order chi connectivity index (χ0) is 16.4. The van der Waals surface area contributed by atoms with Gasteiger partial charge in [-0.25, -0.2) is 4.98 Å². The van der Waals surface area contributed by atoms with Gasteiger partial charge in [0, 0.05) is 23.7 Å². The van der Waals surface area contributed by atoms with Crippen molar-refractivity contribution in [3.63, 3.8) is 0 Å². The highest BCUT2D eigenvalue weighted by molar-refractivity contribution is 7.13. The number of nitrogens with one attached hydrogen (secondary N) is 1. The number of nitrogens with zero attached hydrogens (tertiary/aromatic N) is 2. The molecular formula is C17H21N3O2S. The van der Waals surface area contributed by atoms with Gasteiger partial charge in [-0.05, 0) is 38.8 Å². The van der Waals surface area contributed by atoms with Crippen LogP contribution in [-0.2, 0) is 11.3 Å². The van der Waals surface area contributed by atoms with E-state index in [4.69, 9.17) is 0 Å². The summed E-state index contributed by atoms with van der Waals surface area (Å²) >= 11 is 1.55. The quantitative estimate of drug-likeness (QED) is 0.811. The molecule has 1 aliphatic carbocycles. The third-order valence-corrected chi connectivity index (χ3v) is 4.88. The van der Waals surface area contributed by atoms with Gasteiger partial charge in [-0.2, -0.15) is 0 Å². The summed E-state index contributed by atoms with van der Waals surface area (Å²) in [6.45, 7) is 4.39. The van der Waals surface area contributed by atoms with Gasteiger partial charge >= 0.3 is 5.97 Å². The van der Waals surface area contributed by atoms with Crippen LogP contribution in [0.5, 0.6) is 0 Å². The number of carboxylic acid groups (broad SMARTS) is 1. The smallest absolute Gasteiger partial charge is 0.320 e. The fraction of sp³-hybridized carbons (Fsp3) is 0.412. The fourth-order valence-electron chi connectivity index (χ4n) is 2.51. The third-order valence-electron chi connectivity index (χ3n) is 4.07. The molecule has 5 nitrogen and oxygen atoms in total. The maximum atomic E-state index is 11.3. The van der Waals surface area contributed by atoms with E-state index >= 15 is 0 Å². The molecule has 2 aromatic rings. The SMILES string of the molecule is Cc1ccc(Nc2nc(CN(C3CC3)C(C)C(=O)O)cs2)cc1. The van der Waals surface area contributed by atoms with Gasteiger partial charge < -0.3 is 10.4 Å². The van der Waals surface area contributed by atoms with Crippen molar-refractivity contribution in [3.8, 4) is 0 Å². The predicted molar refractivity (Wildman–Crippen MR) is 92.2 cm³/mol. The Morgan fingerprint density at radius 3 is 2.74 bits per heavy atom. The van der Waals surface area contributed by atoms with Crippen molar-refractivity contribution < 1.29 is 9.90 Å². The molecule has 3 rings (SSSR count). The van der Waals surface area contributed by atoms with E-state index in [9.17, 15) is 9.90 Å². The number of carbonyl (C=O) groups is 1. The van der Waals surface area contributed by atoms with E-state index in [-0.39, 0.29) is 0 Å². The lowest BCUT2D eigenvalue weighted by molar-refractivity contribution is -0.143. The number of aliphatic carboxylic acids is 1. The Bertz CT molecular complexity index is 679. The Labute approximate surface area is 140 Å². The first-order valence-electron chi connectivity index (χ1n) is 7.79. The number of aromatic nitrogens is 1. The molecule has 0 saturated heterocycles. The Hall–Kier alpha value is -1.92. The molecular weight excluding hydrogens is 310 g/mol. The molecule has 1 aliphatic rings. The predicted octanol–water partition coefficient (Wildman–Crippen LogP) is 3.63. The average Bonchev–Trinajstić information content (AvgIpc) is 3.27. The first-order valence-corrected chi connectivity index (χ1v) is 8.67. The number of anilines is 2. The van der Waals surface area contributed by atoms with Crippen LogP contribution in [0.4, 0.5) is 10.8 Å². The number of aryl methyl sites for hydroxylation is 1. The van der Waals surface area contributed by atoms with Gasteiger partial charge in [0.25, 0.3) is 0 Å². The molecule has 1 saturated carbocycles. The molecule has 0 bridgehead atoms. The second kappa shape index (κ2) is 6.68. The van der Waals surface area contributed by atoms with E-state index in [1.54, 1.807) is 18.3 Å². The Kier molecular flexibility index (Phi) is 4.63. The van der Waals surface area contributed by atoms with Gasteiger partial charge in [0.15, 0.2) is 5.13 Å². The summed E-state index contributed by atoms with van der Waals surface area (Å²) < 4.78 is 0. The number of hydrogen-bond acceptors (Lipinski definition) is 5. The van der Waals surface area contributed by atoms with Gasteiger partial charge in [-0.1, -0.05) is 17.7 Å². The van der Waals surface area contributed by atoms with Crippen molar-refractivity contribution in [3.05, 3.63) is 40.9 Å². The van der Waals surface area contributed by atoms with Crippen LogP contribution in [0.25, 0.3) is 0 Å². The Balaban J connectivity index is 1.66. The van der Waals surface area contributed by atoms with Crippen LogP contribution in [0, 0.1) is 6.92 Å². The van der Waals surface area contributed by atoms with E-state index < -0.39 is 12.0 Å². The maximum Gasteiger partial charge on any atom is 0.320 e. The highest BCUT2D eigenvalue weighted by Crippen LogP contribution is 2.31. The van der Waals surface area contributed by atoms with Crippen molar-refractivity contribution in [1.29, 1.82) is 0 Å². The molecule has 1 atom stereocenters. The number of benzene rings is 1. The van der Waals surface area contributed by atoms with E-state index in [0.29, 0.717) is 12.6 Å². The number of rotatable bonds is 7. The number of carboxylic acids is 1. The van der Waals surface area contributed by atoms with Crippen LogP contribution in [-0.4, -0.2) is 33.0 Å². The van der Waals surface area contributed by atoms with Crippen molar-refractivity contribution in [1.82, 2.24) is 9.88 Å². The molecule has 1 aromatic heterocycles. The van der Waals surface area contributed by atoms with E-state index in [0.717, 1.165) is 29.4 Å². The number of thiazole rings is 1. The molecule has 122 valence electrons. The molecule has 2 N–H and O–H groups in total. The topological polar surface area (TPSA) is 65.5 Å². The minimum atomic E-state index is -0.773. The van der Waals surface area contributed by atoms with E-state index in [2.05, 4.69) is 29.4 Å². The molecule has 0 amide bonds. The second-order valence-electron chi connectivity index (χ2n) is 6.05. The summed E-state index contributed by atoms with van der Waals surface area (Å²) in [5, 5.41) is 15.4. The number of hydrogen-bond donors (Lipinski definition) is 2. The van der Waals surface area contributed by atoms with Crippen molar-refractivity contribution >= 4 is 28.1 Å². The summed E-state index contributed by atoms with van der Waals surface area (Å²) in [4.78, 5) is 17.9. The van der Waals surface area contributed by atoms with Crippen LogP contribution >= 0.6 is 11.3 Å². The van der Waals surface area contributed by atoms with Gasteiger partial charge in [-0.3, -0.25) is 9.69 Å². The first-order chi connectivity index (χ1) is 11.0. The first kappa shape index (κ1) is 16.0. The monoisotopic (exact) mass is 331 g/mol. The van der Waals surface area contributed by atoms with Crippen LogP contribution < -0.4 is 5.32 Å². The highest BCUT2D eigenvalue weighted by atomic mass is 32.1. The highest BCUT2D eigenvalue weighted by Gasteiger charge is 2.35. The second-order valence-corrected chi connectivity index (χ2v) is 6.91. The van der Waals surface area contributed by atoms with Gasteiger partial charge in [0.2, 0.25) is 0 Å². The Morgan fingerprint density at radius 1 is 1.43 bits per heavy atom. The van der Waals surface area contributed by atoms with Crippen LogP contribution in [0.2, 0.25) is 0 Å². The summed E-state index contributed by atoms with van der Waals surface area (Å²) in [7, 11) is 0. The molecule has 6 heteroatoms. The zero-order valence-electron chi connectivity index (χ0n) is 13.3. The van der Waals surface area contributed by atoms with Crippen LogP contribution in [0.3, 0.4) is 0 Å². The molecule has 0 spiro atoms. The van der Waals surface area contributed by atoms with Crippen molar-refractivity contribution in [2.45, 2.75) is 45.3 Å². The van der Waals surface area contributed by atoms with Gasteiger partial charge in [0.05, 0.1) is 5.69 Å². The lowest BCUT2D eigenvalue weighted by atomic mass is 10.2. The summed E-state index contributed by atoms with van der Waals surface area (Å²) in [5.74, 6) is -0.773. The molecule has 1 aromatic carbocycles. The maximum absolute atomic E-state index is 11.3. The van der Waals surface area contributed by atoms with Crippen molar-refractivity contribution in [2.75, 3.05) is 5.32 Å². The van der Waals surface area contributed by atoms with Crippen molar-refractivity contribution in [2.24, 2.45) is 0 Å². The minimum Gasteiger partial charge on any atom is -0.480 e. The molecule has 1 fully saturated rings. The summed E-state index contributed by atoms with van der Waals surface area (Å²) in [5.41, 5.74) is 3.15. The van der Waals surface area contributed by atoms with Gasteiger partial charge in [0.1, 0.15) is 6.04 Å². The third kappa shape index (κ3) is 4.09. The summed E-state index contributed by atoms with van der Waals surface area (Å²) in [6, 6.07) is 8.08. The molecule has 0 radical (unpaired) electrons. The Morgan fingerprint density at radius 2 is 2.13 bits per heavy atom. The van der Waals surface area contributed by atoms with Gasteiger partial charge in [-0.15, -0.1) is 11.3 Å². The minimum absolute atomic E-state index is 0.385. The molecule has 1 unspecified atom stereocenters. The van der Waals surface area contributed by atoms with Crippen LogP contribution in [0.15, 0.2) is 29.6 Å². The van der Waals surface area contributed by atoms with Crippen LogP contribution in [0.1, 0.15) is 31.0 Å².